The Balaban J connectivity index is 1.54. The number of rotatable bonds is 8. The number of nitrogens with one attached hydrogen (secondary N) is 1. The van der Waals surface area contributed by atoms with Crippen LogP contribution in [0.2, 0.25) is 0 Å². The van der Waals surface area contributed by atoms with Gasteiger partial charge in [-0.25, -0.2) is 22.8 Å². The molecule has 1 aliphatic heterocycles. The SMILES string of the molecule is CC(c1ccc(-c2ccc(F)cc2F)cc1)N1CCC(CCCNC(N)=O)(c2ccc(F)cc2)N(C)C1=O. The number of hydrogen-bond donors (Lipinski definition) is 2. The molecule has 38 heavy (non-hydrogen) atoms. The summed E-state index contributed by atoms with van der Waals surface area (Å²) in [5.74, 6) is -1.63. The fourth-order valence-electron chi connectivity index (χ4n) is 5.28. The zero-order valence-electron chi connectivity index (χ0n) is 21.4. The summed E-state index contributed by atoms with van der Waals surface area (Å²) in [6.07, 6.45) is 1.73. The topological polar surface area (TPSA) is 78.7 Å². The lowest BCUT2D eigenvalue weighted by molar-refractivity contribution is 0.0349. The Morgan fingerprint density at radius 3 is 2.32 bits per heavy atom. The lowest BCUT2D eigenvalue weighted by atomic mass is 9.79. The second-order valence-electron chi connectivity index (χ2n) is 9.64. The number of urea groups is 2. The van der Waals surface area contributed by atoms with E-state index in [1.54, 1.807) is 41.1 Å². The van der Waals surface area contributed by atoms with Crippen LogP contribution in [-0.4, -0.2) is 42.0 Å². The minimum Gasteiger partial charge on any atom is -0.352 e. The van der Waals surface area contributed by atoms with Crippen molar-refractivity contribution in [3.05, 3.63) is 95.3 Å². The maximum Gasteiger partial charge on any atom is 0.320 e. The van der Waals surface area contributed by atoms with Crippen LogP contribution in [0.5, 0.6) is 0 Å². The molecule has 2 unspecified atom stereocenters. The van der Waals surface area contributed by atoms with Gasteiger partial charge >= 0.3 is 12.1 Å². The molecule has 3 N–H and O–H groups in total. The van der Waals surface area contributed by atoms with E-state index < -0.39 is 23.2 Å². The van der Waals surface area contributed by atoms with E-state index in [2.05, 4.69) is 5.32 Å². The van der Waals surface area contributed by atoms with Crippen molar-refractivity contribution in [1.29, 1.82) is 0 Å². The van der Waals surface area contributed by atoms with Crippen LogP contribution < -0.4 is 11.1 Å². The molecule has 0 spiro atoms. The number of amides is 4. The van der Waals surface area contributed by atoms with Gasteiger partial charge in [0.2, 0.25) is 0 Å². The molecule has 200 valence electrons. The largest absolute Gasteiger partial charge is 0.352 e. The standard InChI is InChI=1S/C29H31F3N4O2/c1-19(20-4-6-21(7-5-20)25-13-12-24(31)18-26(25)32)36-17-15-29(35(2)28(36)38,14-3-16-34-27(33)37)22-8-10-23(30)11-9-22/h4-13,18-19H,3,14-17H2,1-2H3,(H3,33,34,37). The van der Waals surface area contributed by atoms with Crippen molar-refractivity contribution in [2.24, 2.45) is 5.73 Å². The van der Waals surface area contributed by atoms with Gasteiger partial charge in [0, 0.05) is 31.8 Å². The van der Waals surface area contributed by atoms with E-state index in [0.717, 1.165) is 17.2 Å². The van der Waals surface area contributed by atoms with Crippen LogP contribution in [0.15, 0.2) is 66.7 Å². The zero-order chi connectivity index (χ0) is 27.4. The van der Waals surface area contributed by atoms with Gasteiger partial charge in [-0.3, -0.25) is 0 Å². The van der Waals surface area contributed by atoms with E-state index in [9.17, 15) is 22.8 Å². The second kappa shape index (κ2) is 11.2. The van der Waals surface area contributed by atoms with Crippen LogP contribution in [0, 0.1) is 17.5 Å². The third-order valence-corrected chi connectivity index (χ3v) is 7.49. The Morgan fingerprint density at radius 1 is 1.03 bits per heavy atom. The maximum atomic E-state index is 14.2. The van der Waals surface area contributed by atoms with Crippen LogP contribution in [0.4, 0.5) is 22.8 Å². The number of primary amides is 1. The average molecular weight is 525 g/mol. The quantitative estimate of drug-likeness (QED) is 0.358. The summed E-state index contributed by atoms with van der Waals surface area (Å²) in [6.45, 7) is 2.75. The number of benzene rings is 3. The van der Waals surface area contributed by atoms with Gasteiger partial charge in [0.05, 0.1) is 11.6 Å². The molecule has 6 nitrogen and oxygen atoms in total. The fourth-order valence-corrected chi connectivity index (χ4v) is 5.28. The molecule has 0 aliphatic carbocycles. The molecule has 1 saturated heterocycles. The highest BCUT2D eigenvalue weighted by Gasteiger charge is 2.45. The molecule has 0 radical (unpaired) electrons. The monoisotopic (exact) mass is 524 g/mol. The van der Waals surface area contributed by atoms with Crippen molar-refractivity contribution in [1.82, 2.24) is 15.1 Å². The first-order chi connectivity index (χ1) is 18.1. The summed E-state index contributed by atoms with van der Waals surface area (Å²) in [6, 6.07) is 15.8. The Kier molecular flexibility index (Phi) is 7.94. The van der Waals surface area contributed by atoms with E-state index in [-0.39, 0.29) is 17.9 Å². The van der Waals surface area contributed by atoms with E-state index in [1.165, 1.54) is 24.3 Å². The van der Waals surface area contributed by atoms with Crippen molar-refractivity contribution in [3.8, 4) is 11.1 Å². The molecule has 2 atom stereocenters. The number of carbonyl (C=O) groups is 2. The van der Waals surface area contributed by atoms with Crippen molar-refractivity contribution in [2.45, 2.75) is 37.8 Å². The van der Waals surface area contributed by atoms with Gasteiger partial charge < -0.3 is 20.9 Å². The van der Waals surface area contributed by atoms with Gasteiger partial charge in [-0.05, 0) is 67.1 Å². The number of carbonyl (C=O) groups excluding carboxylic acids is 2. The van der Waals surface area contributed by atoms with E-state index >= 15 is 0 Å². The maximum absolute atomic E-state index is 14.2. The van der Waals surface area contributed by atoms with Crippen molar-refractivity contribution in [2.75, 3.05) is 20.1 Å². The molecule has 3 aromatic carbocycles. The van der Waals surface area contributed by atoms with Gasteiger partial charge in [0.25, 0.3) is 0 Å². The minimum atomic E-state index is -0.676. The highest BCUT2D eigenvalue weighted by Crippen LogP contribution is 2.42. The molecule has 9 heteroatoms. The Bertz CT molecular complexity index is 1300. The highest BCUT2D eigenvalue weighted by molar-refractivity contribution is 5.77. The molecule has 1 aliphatic rings. The molecule has 1 heterocycles. The first kappa shape index (κ1) is 27.0. The first-order valence-corrected chi connectivity index (χ1v) is 12.5. The smallest absolute Gasteiger partial charge is 0.320 e. The van der Waals surface area contributed by atoms with E-state index in [0.29, 0.717) is 43.5 Å². The summed E-state index contributed by atoms with van der Waals surface area (Å²) in [5.41, 5.74) is 7.12. The van der Waals surface area contributed by atoms with Crippen LogP contribution in [0.3, 0.4) is 0 Å². The summed E-state index contributed by atoms with van der Waals surface area (Å²) < 4.78 is 41.2. The predicted molar refractivity (Wildman–Crippen MR) is 140 cm³/mol. The Labute approximate surface area is 220 Å². The molecule has 0 bridgehead atoms. The lowest BCUT2D eigenvalue weighted by Crippen LogP contribution is -2.59. The molecule has 1 fully saturated rings. The summed E-state index contributed by atoms with van der Waals surface area (Å²) in [4.78, 5) is 28.3. The van der Waals surface area contributed by atoms with Gasteiger partial charge in [0.1, 0.15) is 17.5 Å². The van der Waals surface area contributed by atoms with Crippen molar-refractivity contribution in [3.63, 3.8) is 0 Å². The lowest BCUT2D eigenvalue weighted by Gasteiger charge is -2.51. The molecule has 4 amide bonds. The molecule has 0 saturated carbocycles. The number of hydrogen-bond acceptors (Lipinski definition) is 2. The van der Waals surface area contributed by atoms with Gasteiger partial charge in [-0.15, -0.1) is 0 Å². The van der Waals surface area contributed by atoms with Crippen LogP contribution in [0.25, 0.3) is 11.1 Å². The molecule has 0 aromatic heterocycles. The fraction of sp³-hybridized carbons (Fsp3) is 0.310. The second-order valence-corrected chi connectivity index (χ2v) is 9.64. The van der Waals surface area contributed by atoms with Gasteiger partial charge in [-0.2, -0.15) is 0 Å². The molecule has 3 aromatic rings. The van der Waals surface area contributed by atoms with Gasteiger partial charge in [0.15, 0.2) is 0 Å². The molecular weight excluding hydrogens is 493 g/mol. The van der Waals surface area contributed by atoms with Crippen molar-refractivity contribution >= 4 is 12.1 Å². The Hall–Kier alpha value is -4.01. The summed E-state index contributed by atoms with van der Waals surface area (Å²) >= 11 is 0. The van der Waals surface area contributed by atoms with Crippen LogP contribution >= 0.6 is 0 Å². The predicted octanol–water partition coefficient (Wildman–Crippen LogP) is 5.93. The van der Waals surface area contributed by atoms with E-state index in [4.69, 9.17) is 5.73 Å². The summed E-state index contributed by atoms with van der Waals surface area (Å²) in [5, 5.41) is 2.58. The van der Waals surface area contributed by atoms with Gasteiger partial charge in [-0.1, -0.05) is 36.4 Å². The third-order valence-electron chi connectivity index (χ3n) is 7.49. The van der Waals surface area contributed by atoms with Crippen molar-refractivity contribution < 1.29 is 22.8 Å². The average Bonchev–Trinajstić information content (AvgIpc) is 2.89. The summed E-state index contributed by atoms with van der Waals surface area (Å²) in [7, 11) is 1.74. The molecular formula is C29H31F3N4O2. The number of halogens is 3. The minimum absolute atomic E-state index is 0.176. The normalized spacial score (nSPS) is 18.4. The van der Waals surface area contributed by atoms with Crippen LogP contribution in [-0.2, 0) is 5.54 Å². The number of nitrogens with two attached hydrogens (primary N) is 1. The third kappa shape index (κ3) is 5.46. The molecule has 4 rings (SSSR count). The first-order valence-electron chi connectivity index (χ1n) is 12.5. The zero-order valence-corrected chi connectivity index (χ0v) is 21.4. The highest BCUT2D eigenvalue weighted by atomic mass is 19.1. The number of nitrogens with zero attached hydrogens (tertiary/aromatic N) is 2. The Morgan fingerprint density at radius 2 is 1.68 bits per heavy atom. The van der Waals surface area contributed by atoms with Crippen LogP contribution in [0.1, 0.15) is 43.4 Å². The van der Waals surface area contributed by atoms with E-state index in [1.807, 2.05) is 19.1 Å².